The van der Waals surface area contributed by atoms with Crippen LogP contribution in [0.15, 0.2) is 0 Å². The Morgan fingerprint density at radius 3 is 2.00 bits per heavy atom. The molecule has 0 aromatic rings. The van der Waals surface area contributed by atoms with E-state index in [1.165, 1.54) is 0 Å². The van der Waals surface area contributed by atoms with Crippen molar-refractivity contribution in [2.75, 3.05) is 6.61 Å². The van der Waals surface area contributed by atoms with Crippen molar-refractivity contribution in [3.63, 3.8) is 0 Å². The first-order chi connectivity index (χ1) is 6.13. The largest absolute Gasteiger partial charge is 0.396 e. The molecule has 0 heterocycles. The van der Waals surface area contributed by atoms with Crippen molar-refractivity contribution in [2.45, 2.75) is 50.9 Å². The van der Waals surface area contributed by atoms with Crippen molar-refractivity contribution in [2.24, 2.45) is 0 Å². The average Bonchev–Trinajstić information content (AvgIpc) is 2.13. The molecule has 0 rings (SSSR count). The molecule has 0 fully saturated rings. The van der Waals surface area contributed by atoms with Crippen molar-refractivity contribution in [3.8, 4) is 0 Å². The van der Waals surface area contributed by atoms with Crippen LogP contribution in [0.3, 0.4) is 0 Å². The van der Waals surface area contributed by atoms with Gasteiger partial charge in [0.05, 0.1) is 12.2 Å². The maximum Gasteiger partial charge on any atom is 0.106 e. The fourth-order valence-corrected chi connectivity index (χ4v) is 1.14. The van der Waals surface area contributed by atoms with Crippen molar-refractivity contribution >= 4 is 0 Å². The van der Waals surface area contributed by atoms with Crippen LogP contribution in [0.2, 0.25) is 0 Å². The number of hydrogen-bond acceptors (Lipinski definition) is 4. The molecule has 0 aliphatic carbocycles. The van der Waals surface area contributed by atoms with Gasteiger partial charge in [0.25, 0.3) is 0 Å². The molecule has 0 amide bonds. The highest BCUT2D eigenvalue weighted by molar-refractivity contribution is 4.74. The van der Waals surface area contributed by atoms with Gasteiger partial charge in [0.2, 0.25) is 0 Å². The summed E-state index contributed by atoms with van der Waals surface area (Å²) in [7, 11) is 0. The van der Waals surface area contributed by atoms with Gasteiger partial charge in [0.1, 0.15) is 6.10 Å². The predicted molar refractivity (Wildman–Crippen MR) is 49.2 cm³/mol. The lowest BCUT2D eigenvalue weighted by atomic mass is 10.0. The second-order valence-electron chi connectivity index (χ2n) is 3.28. The highest BCUT2D eigenvalue weighted by Crippen LogP contribution is 2.09. The summed E-state index contributed by atoms with van der Waals surface area (Å²) >= 11 is 0. The fraction of sp³-hybridized carbons (Fsp3) is 1.00. The summed E-state index contributed by atoms with van der Waals surface area (Å²) in [5, 5.41) is 36.4. The Balaban J connectivity index is 3.71. The highest BCUT2D eigenvalue weighted by Gasteiger charge is 2.23. The number of aliphatic hydroxyl groups excluding tert-OH is 4. The van der Waals surface area contributed by atoms with Crippen LogP contribution in [0, 0.1) is 0 Å². The van der Waals surface area contributed by atoms with Gasteiger partial charge in [-0.3, -0.25) is 0 Å². The minimum absolute atomic E-state index is 0.102. The Bertz CT molecular complexity index is 118. The van der Waals surface area contributed by atoms with Gasteiger partial charge in [-0.15, -0.1) is 0 Å². The zero-order chi connectivity index (χ0) is 10.3. The number of unbranched alkanes of at least 4 members (excludes halogenated alkanes) is 1. The number of hydrogen-bond donors (Lipinski definition) is 4. The Labute approximate surface area is 78.8 Å². The summed E-state index contributed by atoms with van der Waals surface area (Å²) in [4.78, 5) is 0. The molecule has 13 heavy (non-hydrogen) atoms. The molecular weight excluding hydrogens is 172 g/mol. The Hall–Kier alpha value is -0.160. The summed E-state index contributed by atoms with van der Waals surface area (Å²) in [6, 6.07) is 0. The summed E-state index contributed by atoms with van der Waals surface area (Å²) in [5.74, 6) is 0. The van der Waals surface area contributed by atoms with Gasteiger partial charge in [-0.25, -0.2) is 0 Å². The molecule has 4 N–H and O–H groups in total. The zero-order valence-electron chi connectivity index (χ0n) is 8.06. The van der Waals surface area contributed by atoms with E-state index in [0.717, 1.165) is 12.8 Å². The fourth-order valence-electron chi connectivity index (χ4n) is 1.14. The first-order valence-electron chi connectivity index (χ1n) is 4.78. The van der Waals surface area contributed by atoms with Crippen LogP contribution in [0.5, 0.6) is 0 Å². The third-order valence-corrected chi connectivity index (χ3v) is 2.07. The molecular formula is C9H20O4. The molecule has 0 spiro atoms. The lowest BCUT2D eigenvalue weighted by Gasteiger charge is -2.22. The van der Waals surface area contributed by atoms with Crippen LogP contribution in [0.1, 0.15) is 32.6 Å². The van der Waals surface area contributed by atoms with Gasteiger partial charge in [0, 0.05) is 6.61 Å². The third-order valence-electron chi connectivity index (χ3n) is 2.07. The first kappa shape index (κ1) is 12.8. The normalized spacial score (nSPS) is 18.2. The van der Waals surface area contributed by atoms with Gasteiger partial charge in [-0.2, -0.15) is 0 Å². The van der Waals surface area contributed by atoms with E-state index in [4.69, 9.17) is 5.11 Å². The lowest BCUT2D eigenvalue weighted by molar-refractivity contribution is -0.0683. The van der Waals surface area contributed by atoms with E-state index in [0.29, 0.717) is 6.42 Å². The summed E-state index contributed by atoms with van der Waals surface area (Å²) in [6.07, 6.45) is -0.703. The van der Waals surface area contributed by atoms with Gasteiger partial charge in [-0.05, 0) is 12.8 Å². The minimum atomic E-state index is -1.14. The van der Waals surface area contributed by atoms with Crippen LogP contribution in [0.25, 0.3) is 0 Å². The van der Waals surface area contributed by atoms with Crippen molar-refractivity contribution in [3.05, 3.63) is 0 Å². The van der Waals surface area contributed by atoms with E-state index < -0.39 is 18.3 Å². The molecule has 4 heteroatoms. The zero-order valence-corrected chi connectivity index (χ0v) is 8.06. The third kappa shape index (κ3) is 5.21. The molecule has 0 aliphatic rings. The van der Waals surface area contributed by atoms with Crippen molar-refractivity contribution < 1.29 is 20.4 Å². The Kier molecular flexibility index (Phi) is 7.17. The molecule has 3 atom stereocenters. The maximum absolute atomic E-state index is 9.35. The standard InChI is InChI=1S/C9H20O4/c1-2-3-4-7(11)9(13)8(12)5-6-10/h7-13H,2-6H2,1H3. The van der Waals surface area contributed by atoms with Gasteiger partial charge in [-0.1, -0.05) is 19.8 Å². The van der Waals surface area contributed by atoms with Crippen LogP contribution in [0.4, 0.5) is 0 Å². The summed E-state index contributed by atoms with van der Waals surface area (Å²) < 4.78 is 0. The predicted octanol–water partition coefficient (Wildman–Crippen LogP) is -0.358. The van der Waals surface area contributed by atoms with Gasteiger partial charge < -0.3 is 20.4 Å². The second kappa shape index (κ2) is 7.26. The minimum Gasteiger partial charge on any atom is -0.396 e. The number of rotatable bonds is 7. The maximum atomic E-state index is 9.35. The summed E-state index contributed by atoms with van der Waals surface area (Å²) in [5.41, 5.74) is 0. The lowest BCUT2D eigenvalue weighted by Crippen LogP contribution is -2.37. The second-order valence-corrected chi connectivity index (χ2v) is 3.28. The Morgan fingerprint density at radius 1 is 1.00 bits per heavy atom. The Morgan fingerprint density at radius 2 is 1.54 bits per heavy atom. The topological polar surface area (TPSA) is 80.9 Å². The summed E-state index contributed by atoms with van der Waals surface area (Å²) in [6.45, 7) is 1.81. The highest BCUT2D eigenvalue weighted by atomic mass is 16.4. The molecule has 0 aromatic heterocycles. The average molecular weight is 192 g/mol. The van der Waals surface area contributed by atoms with E-state index in [9.17, 15) is 15.3 Å². The van der Waals surface area contributed by atoms with E-state index in [-0.39, 0.29) is 13.0 Å². The first-order valence-corrected chi connectivity index (χ1v) is 4.78. The van der Waals surface area contributed by atoms with E-state index in [1.807, 2.05) is 6.92 Å². The van der Waals surface area contributed by atoms with Crippen LogP contribution >= 0.6 is 0 Å². The van der Waals surface area contributed by atoms with E-state index in [1.54, 1.807) is 0 Å². The van der Waals surface area contributed by atoms with Gasteiger partial charge in [0.15, 0.2) is 0 Å². The quantitative estimate of drug-likeness (QED) is 0.444. The monoisotopic (exact) mass is 192 g/mol. The van der Waals surface area contributed by atoms with Gasteiger partial charge >= 0.3 is 0 Å². The van der Waals surface area contributed by atoms with Crippen molar-refractivity contribution in [1.82, 2.24) is 0 Å². The van der Waals surface area contributed by atoms with Crippen LogP contribution < -0.4 is 0 Å². The molecule has 0 saturated heterocycles. The molecule has 0 saturated carbocycles. The molecule has 0 radical (unpaired) electrons. The molecule has 80 valence electrons. The smallest absolute Gasteiger partial charge is 0.106 e. The van der Waals surface area contributed by atoms with Crippen LogP contribution in [-0.4, -0.2) is 45.3 Å². The molecule has 4 nitrogen and oxygen atoms in total. The number of aliphatic hydroxyl groups is 4. The molecule has 3 unspecified atom stereocenters. The van der Waals surface area contributed by atoms with Crippen molar-refractivity contribution in [1.29, 1.82) is 0 Å². The SMILES string of the molecule is CCCCC(O)C(O)C(O)CCO. The van der Waals surface area contributed by atoms with E-state index >= 15 is 0 Å². The molecule has 0 bridgehead atoms. The van der Waals surface area contributed by atoms with Crippen LogP contribution in [-0.2, 0) is 0 Å². The molecule has 0 aromatic carbocycles. The molecule has 0 aliphatic heterocycles. The van der Waals surface area contributed by atoms with E-state index in [2.05, 4.69) is 0 Å².